The third kappa shape index (κ3) is 2.83. The van der Waals surface area contributed by atoms with Gasteiger partial charge in [0.1, 0.15) is 28.8 Å². The highest BCUT2D eigenvalue weighted by atomic mass is 32.2. The van der Waals surface area contributed by atoms with Crippen molar-refractivity contribution in [3.63, 3.8) is 0 Å². The Hall–Kier alpha value is -1.86. The summed E-state index contributed by atoms with van der Waals surface area (Å²) in [6.07, 6.45) is 0. The zero-order valence-corrected chi connectivity index (χ0v) is 11.8. The van der Waals surface area contributed by atoms with E-state index in [1.807, 2.05) is 0 Å². The topological polar surface area (TPSA) is 79.5 Å². The van der Waals surface area contributed by atoms with E-state index >= 15 is 0 Å². The van der Waals surface area contributed by atoms with Crippen molar-refractivity contribution in [1.29, 1.82) is 0 Å². The maximum absolute atomic E-state index is 13.2. The first-order valence-electron chi connectivity index (χ1n) is 5.82. The van der Waals surface area contributed by atoms with Crippen LogP contribution < -0.4 is 4.72 Å². The van der Waals surface area contributed by atoms with Gasteiger partial charge in [-0.2, -0.15) is 0 Å². The van der Waals surface area contributed by atoms with E-state index in [4.69, 9.17) is 9.52 Å². The van der Waals surface area contributed by atoms with E-state index in [9.17, 15) is 12.8 Å². The summed E-state index contributed by atoms with van der Waals surface area (Å²) in [5.41, 5.74) is 0.759. The highest BCUT2D eigenvalue weighted by Crippen LogP contribution is 2.24. The van der Waals surface area contributed by atoms with Gasteiger partial charge in [0.15, 0.2) is 0 Å². The van der Waals surface area contributed by atoms with E-state index in [2.05, 4.69) is 4.72 Å². The van der Waals surface area contributed by atoms with Crippen LogP contribution in [-0.4, -0.2) is 13.5 Å². The Morgan fingerprint density at radius 3 is 2.60 bits per heavy atom. The molecule has 108 valence electrons. The number of halogens is 1. The van der Waals surface area contributed by atoms with Crippen LogP contribution in [0.2, 0.25) is 0 Å². The van der Waals surface area contributed by atoms with Crippen LogP contribution in [0.1, 0.15) is 17.1 Å². The third-order valence-corrected chi connectivity index (χ3v) is 4.29. The van der Waals surface area contributed by atoms with Gasteiger partial charge in [0.2, 0.25) is 0 Å². The number of aliphatic hydroxyl groups is 1. The standard InChI is InChI=1S/C13H14FNO4S/c1-8-3-4-10(14)5-12(8)15-20(17,18)13-6-11(7-16)19-9(13)2/h3-6,15-16H,7H2,1-2H3. The number of anilines is 1. The normalized spacial score (nSPS) is 11.6. The Morgan fingerprint density at radius 1 is 1.30 bits per heavy atom. The highest BCUT2D eigenvalue weighted by Gasteiger charge is 2.22. The molecule has 0 aliphatic rings. The van der Waals surface area contributed by atoms with Crippen molar-refractivity contribution in [3.05, 3.63) is 47.2 Å². The molecule has 0 saturated carbocycles. The molecule has 20 heavy (non-hydrogen) atoms. The molecule has 1 aromatic heterocycles. The quantitative estimate of drug-likeness (QED) is 0.908. The minimum Gasteiger partial charge on any atom is -0.462 e. The lowest BCUT2D eigenvalue weighted by Crippen LogP contribution is -2.14. The number of nitrogens with one attached hydrogen (secondary N) is 1. The van der Waals surface area contributed by atoms with E-state index in [-0.39, 0.29) is 22.1 Å². The molecule has 0 amide bonds. The minimum atomic E-state index is -3.89. The molecular weight excluding hydrogens is 285 g/mol. The Bertz CT molecular complexity index is 737. The molecule has 0 atom stereocenters. The number of hydrogen-bond donors (Lipinski definition) is 2. The SMILES string of the molecule is Cc1ccc(F)cc1NS(=O)(=O)c1cc(CO)oc1C. The van der Waals surface area contributed by atoms with Gasteiger partial charge in [-0.05, 0) is 31.5 Å². The fourth-order valence-corrected chi connectivity index (χ4v) is 3.10. The first-order valence-corrected chi connectivity index (χ1v) is 7.31. The number of aryl methyl sites for hydroxylation is 2. The van der Waals surface area contributed by atoms with Gasteiger partial charge >= 0.3 is 0 Å². The Morgan fingerprint density at radius 2 is 2.00 bits per heavy atom. The molecule has 0 aliphatic heterocycles. The Labute approximate surface area is 116 Å². The molecule has 0 unspecified atom stereocenters. The van der Waals surface area contributed by atoms with E-state index in [1.54, 1.807) is 6.92 Å². The summed E-state index contributed by atoms with van der Waals surface area (Å²) in [5.74, 6) is -0.220. The molecule has 0 bridgehead atoms. The van der Waals surface area contributed by atoms with Crippen LogP contribution in [0.4, 0.5) is 10.1 Å². The van der Waals surface area contributed by atoms with Crippen LogP contribution in [0.5, 0.6) is 0 Å². The monoisotopic (exact) mass is 299 g/mol. The summed E-state index contributed by atoms with van der Waals surface area (Å²) in [5, 5.41) is 8.95. The van der Waals surface area contributed by atoms with E-state index in [0.29, 0.717) is 5.56 Å². The Kier molecular flexibility index (Phi) is 3.82. The van der Waals surface area contributed by atoms with Crippen molar-refractivity contribution in [2.75, 3.05) is 4.72 Å². The lowest BCUT2D eigenvalue weighted by atomic mass is 10.2. The van der Waals surface area contributed by atoms with Crippen LogP contribution in [0.15, 0.2) is 33.6 Å². The molecule has 0 radical (unpaired) electrons. The average Bonchev–Trinajstić information content (AvgIpc) is 2.76. The molecule has 0 aliphatic carbocycles. The Balaban J connectivity index is 2.40. The molecular formula is C13H14FNO4S. The minimum absolute atomic E-state index is 0.0785. The molecule has 7 heteroatoms. The average molecular weight is 299 g/mol. The molecule has 2 N–H and O–H groups in total. The van der Waals surface area contributed by atoms with Crippen LogP contribution in [-0.2, 0) is 16.6 Å². The fraction of sp³-hybridized carbons (Fsp3) is 0.231. The van der Waals surface area contributed by atoms with Gasteiger partial charge in [-0.15, -0.1) is 0 Å². The first-order chi connectivity index (χ1) is 9.33. The summed E-state index contributed by atoms with van der Waals surface area (Å²) in [6.45, 7) is 2.75. The second kappa shape index (κ2) is 5.26. The van der Waals surface area contributed by atoms with Gasteiger partial charge in [-0.1, -0.05) is 6.07 Å². The van der Waals surface area contributed by atoms with Gasteiger partial charge in [0.05, 0.1) is 5.69 Å². The van der Waals surface area contributed by atoms with Crippen molar-refractivity contribution in [2.45, 2.75) is 25.3 Å². The lowest BCUT2D eigenvalue weighted by Gasteiger charge is -2.09. The summed E-state index contributed by atoms with van der Waals surface area (Å²) in [7, 11) is -3.89. The molecule has 0 fully saturated rings. The van der Waals surface area contributed by atoms with Gasteiger partial charge in [0.25, 0.3) is 10.0 Å². The lowest BCUT2D eigenvalue weighted by molar-refractivity contribution is 0.245. The summed E-state index contributed by atoms with van der Waals surface area (Å²) < 4.78 is 45.1. The predicted molar refractivity (Wildman–Crippen MR) is 71.3 cm³/mol. The zero-order valence-electron chi connectivity index (χ0n) is 11.0. The molecule has 0 saturated heterocycles. The van der Waals surface area contributed by atoms with E-state index in [1.165, 1.54) is 25.1 Å². The molecule has 2 rings (SSSR count). The second-order valence-electron chi connectivity index (χ2n) is 4.36. The van der Waals surface area contributed by atoms with Crippen LogP contribution in [0.3, 0.4) is 0 Å². The molecule has 1 aromatic carbocycles. The van der Waals surface area contributed by atoms with Crippen LogP contribution >= 0.6 is 0 Å². The maximum atomic E-state index is 13.2. The maximum Gasteiger partial charge on any atom is 0.265 e. The zero-order chi connectivity index (χ0) is 14.9. The third-order valence-electron chi connectivity index (χ3n) is 2.81. The van der Waals surface area contributed by atoms with Gasteiger partial charge < -0.3 is 9.52 Å². The summed E-state index contributed by atoms with van der Waals surface area (Å²) in [4.78, 5) is -0.0785. The number of benzene rings is 1. The summed E-state index contributed by atoms with van der Waals surface area (Å²) in [6, 6.07) is 5.08. The van der Waals surface area contributed by atoms with Gasteiger partial charge in [0, 0.05) is 6.07 Å². The second-order valence-corrected chi connectivity index (χ2v) is 6.01. The largest absolute Gasteiger partial charge is 0.462 e. The number of hydrogen-bond acceptors (Lipinski definition) is 4. The fourth-order valence-electron chi connectivity index (χ4n) is 1.77. The smallest absolute Gasteiger partial charge is 0.265 e. The van der Waals surface area contributed by atoms with Crippen molar-refractivity contribution < 1.29 is 22.3 Å². The predicted octanol–water partition coefficient (Wildman–Crippen LogP) is 2.33. The van der Waals surface area contributed by atoms with Crippen LogP contribution in [0.25, 0.3) is 0 Å². The van der Waals surface area contributed by atoms with Crippen LogP contribution in [0, 0.1) is 19.7 Å². The number of rotatable bonds is 4. The van der Waals surface area contributed by atoms with E-state index in [0.717, 1.165) is 6.07 Å². The molecule has 2 aromatic rings. The van der Waals surface area contributed by atoms with Gasteiger partial charge in [-0.25, -0.2) is 12.8 Å². The number of sulfonamides is 1. The molecule has 0 spiro atoms. The van der Waals surface area contributed by atoms with Crippen molar-refractivity contribution in [1.82, 2.24) is 0 Å². The van der Waals surface area contributed by atoms with Gasteiger partial charge in [-0.3, -0.25) is 4.72 Å². The highest BCUT2D eigenvalue weighted by molar-refractivity contribution is 7.92. The summed E-state index contributed by atoms with van der Waals surface area (Å²) >= 11 is 0. The molecule has 1 heterocycles. The first kappa shape index (κ1) is 14.5. The van der Waals surface area contributed by atoms with Crippen molar-refractivity contribution >= 4 is 15.7 Å². The van der Waals surface area contributed by atoms with Crippen molar-refractivity contribution in [2.24, 2.45) is 0 Å². The molecule has 5 nitrogen and oxygen atoms in total. The van der Waals surface area contributed by atoms with E-state index < -0.39 is 22.4 Å². The number of aliphatic hydroxyl groups excluding tert-OH is 1. The van der Waals surface area contributed by atoms with Crippen molar-refractivity contribution in [3.8, 4) is 0 Å². The number of furan rings is 1.